The molecule has 0 heterocycles. The second-order valence-corrected chi connectivity index (χ2v) is 2.65. The Balaban J connectivity index is -0.00000000800. The molecule has 0 aromatic carbocycles. The minimum absolute atomic E-state index is 0. The molecule has 0 unspecified atom stereocenters. The maximum absolute atomic E-state index is 9.11. The van der Waals surface area contributed by atoms with Gasteiger partial charge in [-0.3, -0.25) is 9.11 Å². The van der Waals surface area contributed by atoms with Crippen molar-refractivity contribution >= 4 is 20.2 Å². The first-order valence-electron chi connectivity index (χ1n) is 0.698. The van der Waals surface area contributed by atoms with Crippen LogP contribution in [-0.2, 0) is 20.2 Å². The largest absolute Gasteiger partial charge is 0.285 e. The van der Waals surface area contributed by atoms with Crippen LogP contribution in [0.4, 0.5) is 0 Å². The van der Waals surface area contributed by atoms with E-state index in [2.05, 4.69) is 11.2 Å². The molecule has 0 bridgehead atoms. The van der Waals surface area contributed by atoms with Crippen LogP contribution in [0.15, 0.2) is 0 Å². The summed E-state index contributed by atoms with van der Waals surface area (Å²) < 4.78 is 24.0. The van der Waals surface area contributed by atoms with Crippen LogP contribution in [-0.4, -0.2) is 13.3 Å². The molecule has 0 aliphatic heterocycles. The molecule has 2 N–H and O–H groups in total. The van der Waals surface area contributed by atoms with Crippen LogP contribution in [0.2, 0.25) is 0 Å². The van der Waals surface area contributed by atoms with Crippen molar-refractivity contribution in [2.45, 2.75) is 0 Å². The van der Waals surface area contributed by atoms with Gasteiger partial charge in [-0.2, -0.15) is 4.21 Å². The molecule has 0 radical (unpaired) electrons. The summed E-state index contributed by atoms with van der Waals surface area (Å²) in [5, 5.41) is 0. The summed E-state index contributed by atoms with van der Waals surface area (Å²) in [6, 6.07) is 0. The van der Waals surface area contributed by atoms with E-state index in [1.165, 1.54) is 0 Å². The normalized spacial score (nSPS) is 11.6. The third-order valence-electron chi connectivity index (χ3n) is 0. The van der Waals surface area contributed by atoms with Gasteiger partial charge in [-0.1, -0.05) is 0 Å². The summed E-state index contributed by atoms with van der Waals surface area (Å²) in [6.45, 7) is 0. The second kappa shape index (κ2) is 1.17. The highest BCUT2D eigenvalue weighted by atomic mass is 32.9. The van der Waals surface area contributed by atoms with Crippen molar-refractivity contribution in [3.63, 3.8) is 0 Å². The predicted molar refractivity (Wildman–Crippen MR) is 31.3 cm³/mol. The Morgan fingerprint density at radius 2 is 1.80 bits per heavy atom. The van der Waals surface area contributed by atoms with Gasteiger partial charge in [0.15, 0.2) is 0 Å². The minimum Gasteiger partial charge on any atom is -0.285 e. The Hall–Kier alpha value is 0.290. The lowest BCUT2D eigenvalue weighted by molar-refractivity contribution is 0.450. The molecular formula is H12O3S2. The average Bonchev–Trinajstić information content (AvgIpc) is 0.722. The fourth-order valence-corrected chi connectivity index (χ4v) is 0. The SMILES string of the molecule is O=S(O)(O)=S.[HH].[HH].[HH].[HH].[HH]. The zero-order valence-electron chi connectivity index (χ0n) is 2.12. The molecule has 0 aromatic rings. The Morgan fingerprint density at radius 3 is 1.80 bits per heavy atom. The van der Waals surface area contributed by atoms with E-state index in [1.54, 1.807) is 0 Å². The Kier molecular flexibility index (Phi) is 1.24. The Morgan fingerprint density at radius 1 is 1.80 bits per heavy atom. The molecule has 0 aliphatic rings. The van der Waals surface area contributed by atoms with Crippen LogP contribution in [0, 0.1) is 0 Å². The number of hydrogen-bond acceptors (Lipinski definition) is 2. The molecule has 0 atom stereocenters. The van der Waals surface area contributed by atoms with Crippen molar-refractivity contribution < 1.29 is 20.4 Å². The number of rotatable bonds is 0. The fraction of sp³-hybridized carbons (Fsp3) is 0. The van der Waals surface area contributed by atoms with Crippen LogP contribution in [0.5, 0.6) is 0 Å². The monoisotopic (exact) mass is 124 g/mol. The molecule has 3 nitrogen and oxygen atoms in total. The van der Waals surface area contributed by atoms with Gasteiger partial charge in [0.05, 0.1) is 0 Å². The molecule has 0 saturated heterocycles. The van der Waals surface area contributed by atoms with Crippen molar-refractivity contribution in [3.05, 3.63) is 0 Å². The molecule has 0 amide bonds. The molecule has 0 spiro atoms. The maximum Gasteiger partial charge on any atom is 0.263 e. The van der Waals surface area contributed by atoms with Crippen molar-refractivity contribution in [3.8, 4) is 0 Å². The number of hydrogen-bond donors (Lipinski definition) is 2. The lowest BCUT2D eigenvalue weighted by Crippen LogP contribution is -1.86. The van der Waals surface area contributed by atoms with E-state index in [1.807, 2.05) is 0 Å². The van der Waals surface area contributed by atoms with Gasteiger partial charge < -0.3 is 0 Å². The first-order valence-corrected chi connectivity index (χ1v) is 3.10. The van der Waals surface area contributed by atoms with E-state index >= 15 is 0 Å². The molecular weight excluding hydrogens is 112 g/mol. The molecule has 0 fully saturated rings. The Labute approximate surface area is 41.8 Å². The van der Waals surface area contributed by atoms with Gasteiger partial charge in [-0.15, -0.1) is 0 Å². The van der Waals surface area contributed by atoms with Gasteiger partial charge in [0.2, 0.25) is 0 Å². The van der Waals surface area contributed by atoms with Crippen molar-refractivity contribution in [1.82, 2.24) is 0 Å². The molecule has 42 valence electrons. The topological polar surface area (TPSA) is 57.5 Å². The lowest BCUT2D eigenvalue weighted by atomic mass is 15.8. The molecule has 0 saturated carbocycles. The molecule has 0 aromatic heterocycles. The fourth-order valence-electron chi connectivity index (χ4n) is 0. The summed E-state index contributed by atoms with van der Waals surface area (Å²) in [5.41, 5.74) is 0. The average molecular weight is 124 g/mol. The zero-order valence-corrected chi connectivity index (χ0v) is 3.75. The third kappa shape index (κ3) is 268. The molecule has 5 heteroatoms. The first kappa shape index (κ1) is 5.29. The summed E-state index contributed by atoms with van der Waals surface area (Å²) in [7, 11) is -3.83. The second-order valence-electron chi connectivity index (χ2n) is 0.448. The van der Waals surface area contributed by atoms with Crippen LogP contribution in [0.25, 0.3) is 0 Å². The van der Waals surface area contributed by atoms with E-state index in [4.69, 9.17) is 13.3 Å². The first-order chi connectivity index (χ1) is 2.00. The molecule has 0 aliphatic carbocycles. The van der Waals surface area contributed by atoms with E-state index in [9.17, 15) is 0 Å². The van der Waals surface area contributed by atoms with E-state index < -0.39 is 9.05 Å². The predicted octanol–water partition coefficient (Wildman–Crippen LogP) is 0.909. The Bertz CT molecular complexity index is 98.1. The van der Waals surface area contributed by atoms with E-state index in [-0.39, 0.29) is 7.13 Å². The van der Waals surface area contributed by atoms with E-state index in [0.717, 1.165) is 0 Å². The molecule has 5 heavy (non-hydrogen) atoms. The van der Waals surface area contributed by atoms with Gasteiger partial charge in [0.1, 0.15) is 0 Å². The molecule has 0 rings (SSSR count). The smallest absolute Gasteiger partial charge is 0.263 e. The van der Waals surface area contributed by atoms with Crippen LogP contribution < -0.4 is 0 Å². The van der Waals surface area contributed by atoms with Gasteiger partial charge in [0.25, 0.3) is 9.05 Å². The highest BCUT2D eigenvalue weighted by molar-refractivity contribution is 8.26. The maximum atomic E-state index is 9.11. The highest BCUT2D eigenvalue weighted by Crippen LogP contribution is 1.62. The van der Waals surface area contributed by atoms with Crippen molar-refractivity contribution in [2.75, 3.05) is 0 Å². The van der Waals surface area contributed by atoms with Gasteiger partial charge >= 0.3 is 0 Å². The summed E-state index contributed by atoms with van der Waals surface area (Å²) in [4.78, 5) is 0. The van der Waals surface area contributed by atoms with Gasteiger partial charge in [-0.05, 0) is 0 Å². The van der Waals surface area contributed by atoms with Crippen molar-refractivity contribution in [2.24, 2.45) is 0 Å². The third-order valence-corrected chi connectivity index (χ3v) is 0. The van der Waals surface area contributed by atoms with Crippen LogP contribution in [0.1, 0.15) is 7.13 Å². The summed E-state index contributed by atoms with van der Waals surface area (Å²) in [6.07, 6.45) is 0. The van der Waals surface area contributed by atoms with Crippen LogP contribution >= 0.6 is 0 Å². The zero-order chi connectivity index (χ0) is 4.50. The van der Waals surface area contributed by atoms with Crippen LogP contribution in [0.3, 0.4) is 0 Å². The van der Waals surface area contributed by atoms with Crippen molar-refractivity contribution in [1.29, 1.82) is 0 Å². The van der Waals surface area contributed by atoms with E-state index in [0.29, 0.717) is 0 Å². The lowest BCUT2D eigenvalue weighted by Gasteiger charge is -1.73. The summed E-state index contributed by atoms with van der Waals surface area (Å²) >= 11 is 3.47. The standard InChI is InChI=1S/H2O3S2.5H2/c1-5(2,3)4;;;;;/h(H2,1,2,3,4);5*1H. The highest BCUT2D eigenvalue weighted by Gasteiger charge is 1.78. The summed E-state index contributed by atoms with van der Waals surface area (Å²) in [5.74, 6) is 0. The van der Waals surface area contributed by atoms with Gasteiger partial charge in [0, 0.05) is 18.3 Å². The quantitative estimate of drug-likeness (QED) is 0.504. The minimum atomic E-state index is -3.83. The van der Waals surface area contributed by atoms with Gasteiger partial charge in [-0.25, -0.2) is 0 Å².